The Morgan fingerprint density at radius 3 is 2.65 bits per heavy atom. The Kier molecular flexibility index (Phi) is 2.38. The van der Waals surface area contributed by atoms with Crippen molar-refractivity contribution >= 4 is 10.9 Å². The van der Waals surface area contributed by atoms with Gasteiger partial charge < -0.3 is 5.73 Å². The Morgan fingerprint density at radius 2 is 1.76 bits per heavy atom. The van der Waals surface area contributed by atoms with Gasteiger partial charge in [-0.3, -0.25) is 0 Å². The Hall–Kier alpha value is -2.13. The maximum atomic E-state index is 5.76. The Balaban J connectivity index is 2.27. The summed E-state index contributed by atoms with van der Waals surface area (Å²) in [6.45, 7) is 0.518. The van der Waals surface area contributed by atoms with Crippen LogP contribution in [-0.2, 0) is 6.54 Å². The van der Waals surface area contributed by atoms with Crippen LogP contribution >= 0.6 is 0 Å². The summed E-state index contributed by atoms with van der Waals surface area (Å²) in [4.78, 5) is 0. The summed E-state index contributed by atoms with van der Waals surface area (Å²) in [6.07, 6.45) is 1.88. The quantitative estimate of drug-likeness (QED) is 0.725. The van der Waals surface area contributed by atoms with Gasteiger partial charge >= 0.3 is 0 Å². The second-order valence-corrected chi connectivity index (χ2v) is 3.95. The van der Waals surface area contributed by atoms with Gasteiger partial charge in [0.2, 0.25) is 0 Å². The molecule has 1 aromatic heterocycles. The Bertz CT molecular complexity index is 655. The lowest BCUT2D eigenvalue weighted by atomic mass is 10.1. The van der Waals surface area contributed by atoms with Crippen LogP contribution in [0.4, 0.5) is 0 Å². The minimum Gasteiger partial charge on any atom is -0.326 e. The smallest absolute Gasteiger partial charge is 0.0741 e. The molecule has 17 heavy (non-hydrogen) atoms. The van der Waals surface area contributed by atoms with Crippen molar-refractivity contribution < 1.29 is 0 Å². The number of hydrogen-bond acceptors (Lipinski definition) is 2. The number of rotatable bonds is 2. The molecule has 3 heteroatoms. The summed E-state index contributed by atoms with van der Waals surface area (Å²) < 4.78 is 1.94. The molecule has 0 unspecified atom stereocenters. The molecule has 1 heterocycles. The van der Waals surface area contributed by atoms with Gasteiger partial charge in [0.15, 0.2) is 0 Å². The third kappa shape index (κ3) is 1.61. The second kappa shape index (κ2) is 4.03. The molecule has 84 valence electrons. The molecule has 0 saturated carbocycles. The fourth-order valence-corrected chi connectivity index (χ4v) is 2.05. The summed E-state index contributed by atoms with van der Waals surface area (Å²) in [5.41, 5.74) is 9.02. The van der Waals surface area contributed by atoms with Crippen LogP contribution in [-0.4, -0.2) is 9.78 Å². The van der Waals surface area contributed by atoms with E-state index >= 15 is 0 Å². The number of fused-ring (bicyclic) bond motifs is 1. The molecule has 0 atom stereocenters. The fraction of sp³-hybridized carbons (Fsp3) is 0.0714. The topological polar surface area (TPSA) is 43.8 Å². The maximum Gasteiger partial charge on any atom is 0.0741 e. The lowest BCUT2D eigenvalue weighted by Gasteiger charge is -2.08. The lowest BCUT2D eigenvalue weighted by Crippen LogP contribution is -2.05. The van der Waals surface area contributed by atoms with Crippen LogP contribution in [0.15, 0.2) is 54.7 Å². The molecule has 0 amide bonds. The molecule has 2 aromatic carbocycles. The van der Waals surface area contributed by atoms with Crippen molar-refractivity contribution in [3.63, 3.8) is 0 Å². The molecule has 3 nitrogen and oxygen atoms in total. The molecule has 0 bridgehead atoms. The van der Waals surface area contributed by atoms with Crippen molar-refractivity contribution in [2.24, 2.45) is 5.73 Å². The van der Waals surface area contributed by atoms with Crippen LogP contribution < -0.4 is 5.73 Å². The maximum absolute atomic E-state index is 5.76. The van der Waals surface area contributed by atoms with Crippen molar-refractivity contribution in [2.45, 2.75) is 6.54 Å². The first-order valence-corrected chi connectivity index (χ1v) is 5.61. The van der Waals surface area contributed by atoms with E-state index in [1.807, 2.05) is 47.3 Å². The first kappa shape index (κ1) is 10.1. The van der Waals surface area contributed by atoms with Crippen LogP contribution in [0.1, 0.15) is 5.56 Å². The Morgan fingerprint density at radius 1 is 1.00 bits per heavy atom. The number of nitrogens with zero attached hydrogens (tertiary/aromatic N) is 2. The van der Waals surface area contributed by atoms with Gasteiger partial charge in [0.25, 0.3) is 0 Å². The normalized spacial score (nSPS) is 10.9. The van der Waals surface area contributed by atoms with Gasteiger partial charge in [0.1, 0.15) is 0 Å². The molecule has 0 fully saturated rings. The van der Waals surface area contributed by atoms with E-state index in [2.05, 4.69) is 17.2 Å². The third-order valence-corrected chi connectivity index (χ3v) is 2.92. The van der Waals surface area contributed by atoms with E-state index in [1.165, 1.54) is 0 Å². The van der Waals surface area contributed by atoms with Gasteiger partial charge in [-0.2, -0.15) is 5.10 Å². The summed E-state index contributed by atoms with van der Waals surface area (Å²) in [7, 11) is 0. The van der Waals surface area contributed by atoms with E-state index in [9.17, 15) is 0 Å². The van der Waals surface area contributed by atoms with E-state index in [0.29, 0.717) is 6.54 Å². The molecule has 0 radical (unpaired) electrons. The predicted molar refractivity (Wildman–Crippen MR) is 69.0 cm³/mol. The minimum absolute atomic E-state index is 0.518. The summed E-state index contributed by atoms with van der Waals surface area (Å²) in [5.74, 6) is 0. The van der Waals surface area contributed by atoms with Crippen molar-refractivity contribution in [3.8, 4) is 5.69 Å². The van der Waals surface area contributed by atoms with Crippen LogP contribution in [0.5, 0.6) is 0 Å². The first-order valence-electron chi connectivity index (χ1n) is 5.61. The Labute approximate surface area is 99.5 Å². The van der Waals surface area contributed by atoms with Crippen LogP contribution in [0.3, 0.4) is 0 Å². The molecule has 0 aliphatic heterocycles. The second-order valence-electron chi connectivity index (χ2n) is 3.95. The zero-order valence-electron chi connectivity index (χ0n) is 9.38. The highest BCUT2D eigenvalue weighted by atomic mass is 15.3. The number of para-hydroxylation sites is 2. The van der Waals surface area contributed by atoms with Gasteiger partial charge in [-0.05, 0) is 17.7 Å². The molecule has 3 rings (SSSR count). The first-order chi connectivity index (χ1) is 8.40. The van der Waals surface area contributed by atoms with Gasteiger partial charge in [0, 0.05) is 11.9 Å². The number of nitrogens with two attached hydrogens (primary N) is 1. The zero-order valence-corrected chi connectivity index (χ0v) is 9.38. The highest BCUT2D eigenvalue weighted by Crippen LogP contribution is 2.20. The van der Waals surface area contributed by atoms with E-state index < -0.39 is 0 Å². The van der Waals surface area contributed by atoms with Crippen LogP contribution in [0, 0.1) is 0 Å². The van der Waals surface area contributed by atoms with Crippen molar-refractivity contribution in [2.75, 3.05) is 0 Å². The monoisotopic (exact) mass is 223 g/mol. The molecular weight excluding hydrogens is 210 g/mol. The molecule has 3 aromatic rings. The minimum atomic E-state index is 0.518. The fourth-order valence-electron chi connectivity index (χ4n) is 2.05. The van der Waals surface area contributed by atoms with E-state index in [4.69, 9.17) is 5.73 Å². The van der Waals surface area contributed by atoms with E-state index in [1.54, 1.807) is 0 Å². The molecule has 0 aliphatic rings. The number of benzene rings is 2. The van der Waals surface area contributed by atoms with Crippen molar-refractivity contribution in [1.82, 2.24) is 9.78 Å². The SMILES string of the molecule is NCc1ccccc1-n1ncc2ccccc21. The lowest BCUT2D eigenvalue weighted by molar-refractivity contribution is 0.885. The van der Waals surface area contributed by atoms with Crippen molar-refractivity contribution in [1.29, 1.82) is 0 Å². The highest BCUT2D eigenvalue weighted by Gasteiger charge is 2.06. The number of hydrogen-bond donors (Lipinski definition) is 1. The van der Waals surface area contributed by atoms with Gasteiger partial charge in [-0.25, -0.2) is 4.68 Å². The summed E-state index contributed by atoms with van der Waals surface area (Å²) in [6, 6.07) is 16.2. The standard InChI is InChI=1S/C14H13N3/c15-9-11-5-1-3-7-13(11)17-14-8-4-2-6-12(14)10-16-17/h1-8,10H,9,15H2. The van der Waals surface area contributed by atoms with Crippen LogP contribution in [0.25, 0.3) is 16.6 Å². The third-order valence-electron chi connectivity index (χ3n) is 2.92. The van der Waals surface area contributed by atoms with Crippen molar-refractivity contribution in [3.05, 3.63) is 60.3 Å². The van der Waals surface area contributed by atoms with Crippen LogP contribution in [0.2, 0.25) is 0 Å². The highest BCUT2D eigenvalue weighted by molar-refractivity contribution is 5.80. The zero-order chi connectivity index (χ0) is 11.7. The predicted octanol–water partition coefficient (Wildman–Crippen LogP) is 2.48. The molecule has 0 spiro atoms. The molecular formula is C14H13N3. The van der Waals surface area contributed by atoms with Gasteiger partial charge in [-0.1, -0.05) is 36.4 Å². The molecule has 0 saturated heterocycles. The summed E-state index contributed by atoms with van der Waals surface area (Å²) >= 11 is 0. The largest absolute Gasteiger partial charge is 0.326 e. The molecule has 2 N–H and O–H groups in total. The van der Waals surface area contributed by atoms with Gasteiger partial charge in [0.05, 0.1) is 17.4 Å². The molecule has 0 aliphatic carbocycles. The summed E-state index contributed by atoms with van der Waals surface area (Å²) in [5, 5.41) is 5.57. The van der Waals surface area contributed by atoms with E-state index in [-0.39, 0.29) is 0 Å². The average molecular weight is 223 g/mol. The number of aromatic nitrogens is 2. The average Bonchev–Trinajstić information content (AvgIpc) is 2.82. The van der Waals surface area contributed by atoms with E-state index in [0.717, 1.165) is 22.2 Å². The van der Waals surface area contributed by atoms with Gasteiger partial charge in [-0.15, -0.1) is 0 Å².